The van der Waals surface area contributed by atoms with Crippen LogP contribution >= 0.6 is 0 Å². The molecule has 3 rings (SSSR count). The number of rotatable bonds is 7. The number of nitrogens with zero attached hydrogens (tertiary/aromatic N) is 3. The summed E-state index contributed by atoms with van der Waals surface area (Å²) in [4.78, 5) is 23.3. The van der Waals surface area contributed by atoms with Crippen LogP contribution in [0.15, 0.2) is 60.7 Å². The smallest absolute Gasteiger partial charge is 0.270 e. The Labute approximate surface area is 164 Å². The summed E-state index contributed by atoms with van der Waals surface area (Å²) in [6.45, 7) is 4.82. The van der Waals surface area contributed by atoms with Gasteiger partial charge in [-0.1, -0.05) is 36.4 Å². The second-order valence-corrected chi connectivity index (χ2v) is 6.34. The van der Waals surface area contributed by atoms with Gasteiger partial charge in [-0.15, -0.1) is 0 Å². The Morgan fingerprint density at radius 1 is 1.07 bits per heavy atom. The van der Waals surface area contributed by atoms with Gasteiger partial charge in [0.05, 0.1) is 0 Å². The summed E-state index contributed by atoms with van der Waals surface area (Å²) in [5.74, 6) is 0.622. The molecule has 28 heavy (non-hydrogen) atoms. The van der Waals surface area contributed by atoms with Crippen LogP contribution in [0.2, 0.25) is 0 Å². The molecule has 0 saturated heterocycles. The number of amides is 1. The quantitative estimate of drug-likeness (QED) is 0.674. The zero-order valence-electron chi connectivity index (χ0n) is 16.0. The Morgan fingerprint density at radius 2 is 1.79 bits per heavy atom. The van der Waals surface area contributed by atoms with E-state index in [0.29, 0.717) is 42.4 Å². The minimum atomic E-state index is -0.299. The van der Waals surface area contributed by atoms with Crippen LogP contribution in [-0.2, 0) is 6.42 Å². The summed E-state index contributed by atoms with van der Waals surface area (Å²) in [6.07, 6.45) is 0.417. The zero-order valence-corrected chi connectivity index (χ0v) is 16.0. The van der Waals surface area contributed by atoms with Crippen LogP contribution in [0.3, 0.4) is 0 Å². The molecular formula is C22H23FN4O. The number of aryl methyl sites for hydroxylation is 1. The maximum Gasteiger partial charge on any atom is 0.270 e. The lowest BCUT2D eigenvalue weighted by Crippen LogP contribution is -2.28. The van der Waals surface area contributed by atoms with Crippen LogP contribution in [0.1, 0.15) is 28.8 Å². The summed E-state index contributed by atoms with van der Waals surface area (Å²) in [7, 11) is 0. The Hall–Kier alpha value is -3.28. The van der Waals surface area contributed by atoms with Crippen molar-refractivity contribution in [3.63, 3.8) is 0 Å². The number of hydrogen-bond acceptors (Lipinski definition) is 4. The van der Waals surface area contributed by atoms with Gasteiger partial charge < -0.3 is 10.2 Å². The lowest BCUT2D eigenvalue weighted by Gasteiger charge is -2.22. The van der Waals surface area contributed by atoms with E-state index >= 15 is 0 Å². The molecule has 0 fully saturated rings. The number of nitrogens with one attached hydrogen (secondary N) is 1. The van der Waals surface area contributed by atoms with Crippen LogP contribution in [0.25, 0.3) is 0 Å². The van der Waals surface area contributed by atoms with Crippen molar-refractivity contribution in [3.8, 4) is 0 Å². The molecule has 1 heterocycles. The highest BCUT2D eigenvalue weighted by Crippen LogP contribution is 2.23. The number of hydrogen-bond donors (Lipinski definition) is 1. The van der Waals surface area contributed by atoms with Gasteiger partial charge in [-0.05, 0) is 44.0 Å². The SMILES string of the molecule is CCN(c1ccccc1)c1cc(C(=O)NCCc2ccccc2F)nc(C)n1. The molecule has 0 aliphatic heterocycles. The van der Waals surface area contributed by atoms with E-state index < -0.39 is 0 Å². The van der Waals surface area contributed by atoms with Crippen molar-refractivity contribution < 1.29 is 9.18 Å². The molecule has 5 nitrogen and oxygen atoms in total. The molecule has 1 amide bonds. The van der Waals surface area contributed by atoms with Gasteiger partial charge in [-0.2, -0.15) is 0 Å². The van der Waals surface area contributed by atoms with Crippen LogP contribution in [0.4, 0.5) is 15.9 Å². The van der Waals surface area contributed by atoms with Gasteiger partial charge in [-0.25, -0.2) is 14.4 Å². The highest BCUT2D eigenvalue weighted by atomic mass is 19.1. The van der Waals surface area contributed by atoms with Crippen molar-refractivity contribution in [1.82, 2.24) is 15.3 Å². The fraction of sp³-hybridized carbons (Fsp3) is 0.227. The molecule has 0 spiro atoms. The van der Waals surface area contributed by atoms with Gasteiger partial charge in [-0.3, -0.25) is 4.79 Å². The summed E-state index contributed by atoms with van der Waals surface area (Å²) < 4.78 is 13.7. The van der Waals surface area contributed by atoms with E-state index in [1.54, 1.807) is 31.2 Å². The molecule has 0 saturated carbocycles. The second kappa shape index (κ2) is 9.08. The summed E-state index contributed by atoms with van der Waals surface area (Å²) in [5.41, 5.74) is 1.86. The molecule has 0 aliphatic carbocycles. The van der Waals surface area contributed by atoms with Gasteiger partial charge >= 0.3 is 0 Å². The van der Waals surface area contributed by atoms with Gasteiger partial charge in [0.25, 0.3) is 5.91 Å². The van der Waals surface area contributed by atoms with Crippen LogP contribution in [0.5, 0.6) is 0 Å². The fourth-order valence-electron chi connectivity index (χ4n) is 2.99. The standard InChI is InChI=1S/C22H23FN4O/c1-3-27(18-10-5-4-6-11-18)21-15-20(25-16(2)26-21)22(28)24-14-13-17-9-7-8-12-19(17)23/h4-12,15H,3,13-14H2,1-2H3,(H,24,28). The minimum Gasteiger partial charge on any atom is -0.350 e. The molecule has 144 valence electrons. The Morgan fingerprint density at radius 3 is 2.50 bits per heavy atom. The van der Waals surface area contributed by atoms with Crippen LogP contribution in [0, 0.1) is 12.7 Å². The van der Waals surface area contributed by atoms with Gasteiger partial charge in [0.2, 0.25) is 0 Å². The van der Waals surface area contributed by atoms with Gasteiger partial charge in [0, 0.05) is 24.8 Å². The maximum atomic E-state index is 13.7. The number of aromatic nitrogens is 2. The van der Waals surface area contributed by atoms with Crippen LogP contribution < -0.4 is 10.2 Å². The van der Waals surface area contributed by atoms with E-state index in [1.807, 2.05) is 42.2 Å². The van der Waals surface area contributed by atoms with Crippen LogP contribution in [-0.4, -0.2) is 29.0 Å². The van der Waals surface area contributed by atoms with Crippen molar-refractivity contribution in [2.75, 3.05) is 18.0 Å². The third kappa shape index (κ3) is 4.71. The number of benzene rings is 2. The highest BCUT2D eigenvalue weighted by molar-refractivity contribution is 5.93. The molecule has 0 bridgehead atoms. The fourth-order valence-corrected chi connectivity index (χ4v) is 2.99. The lowest BCUT2D eigenvalue weighted by atomic mass is 10.1. The van der Waals surface area contributed by atoms with Crippen molar-refractivity contribution in [2.45, 2.75) is 20.3 Å². The van der Waals surface area contributed by atoms with Gasteiger partial charge in [0.15, 0.2) is 0 Å². The number of halogens is 1. The van der Waals surface area contributed by atoms with E-state index in [9.17, 15) is 9.18 Å². The average Bonchev–Trinajstić information content (AvgIpc) is 2.70. The maximum absolute atomic E-state index is 13.7. The molecule has 0 atom stereocenters. The lowest BCUT2D eigenvalue weighted by molar-refractivity contribution is 0.0948. The van der Waals surface area contributed by atoms with Crippen molar-refractivity contribution >= 4 is 17.4 Å². The molecule has 0 unspecified atom stereocenters. The van der Waals surface area contributed by atoms with E-state index in [4.69, 9.17) is 0 Å². The van der Waals surface area contributed by atoms with Crippen molar-refractivity contribution in [3.05, 3.63) is 83.6 Å². The van der Waals surface area contributed by atoms with Crippen molar-refractivity contribution in [1.29, 1.82) is 0 Å². The zero-order chi connectivity index (χ0) is 19.9. The number of anilines is 2. The third-order valence-corrected chi connectivity index (χ3v) is 4.36. The molecule has 1 aromatic heterocycles. The number of carbonyl (C=O) groups is 1. The van der Waals surface area contributed by atoms with E-state index in [0.717, 1.165) is 5.69 Å². The molecule has 0 aliphatic rings. The molecule has 3 aromatic rings. The Bertz CT molecular complexity index is 946. The number of carbonyl (C=O) groups excluding carboxylic acids is 1. The molecule has 6 heteroatoms. The van der Waals surface area contributed by atoms with E-state index in [2.05, 4.69) is 15.3 Å². The largest absolute Gasteiger partial charge is 0.350 e. The number of para-hydroxylation sites is 1. The Balaban J connectivity index is 1.73. The first-order chi connectivity index (χ1) is 13.6. The molecule has 1 N–H and O–H groups in total. The van der Waals surface area contributed by atoms with E-state index in [-0.39, 0.29) is 11.7 Å². The second-order valence-electron chi connectivity index (χ2n) is 6.34. The van der Waals surface area contributed by atoms with Crippen molar-refractivity contribution in [2.24, 2.45) is 0 Å². The van der Waals surface area contributed by atoms with E-state index in [1.165, 1.54) is 6.07 Å². The van der Waals surface area contributed by atoms with Gasteiger partial charge in [0.1, 0.15) is 23.2 Å². The topological polar surface area (TPSA) is 58.1 Å². The predicted octanol–water partition coefficient (Wildman–Crippen LogP) is 4.05. The summed E-state index contributed by atoms with van der Waals surface area (Å²) in [6, 6.07) is 18.1. The first-order valence-electron chi connectivity index (χ1n) is 9.28. The Kier molecular flexibility index (Phi) is 6.32. The summed E-state index contributed by atoms with van der Waals surface area (Å²) >= 11 is 0. The highest BCUT2D eigenvalue weighted by Gasteiger charge is 2.15. The monoisotopic (exact) mass is 378 g/mol. The predicted molar refractivity (Wildman–Crippen MR) is 108 cm³/mol. The molecule has 2 aromatic carbocycles. The first kappa shape index (κ1) is 19.5. The normalized spacial score (nSPS) is 10.5. The average molecular weight is 378 g/mol. The minimum absolute atomic E-state index is 0.265. The molecule has 0 radical (unpaired) electrons. The third-order valence-electron chi connectivity index (χ3n) is 4.36. The summed E-state index contributed by atoms with van der Waals surface area (Å²) in [5, 5.41) is 2.81. The molecular weight excluding hydrogens is 355 g/mol. The first-order valence-corrected chi connectivity index (χ1v) is 9.28.